The number of hydrogen-bond acceptors (Lipinski definition) is 6. The molecule has 1 aromatic heterocycles. The van der Waals surface area contributed by atoms with E-state index in [1.165, 1.54) is 20.3 Å². The summed E-state index contributed by atoms with van der Waals surface area (Å²) < 4.78 is 15.9. The molecule has 8 nitrogen and oxygen atoms in total. The van der Waals surface area contributed by atoms with E-state index >= 15 is 0 Å². The molecule has 2 aromatic carbocycles. The number of esters is 1. The van der Waals surface area contributed by atoms with Crippen molar-refractivity contribution < 1.29 is 23.8 Å². The number of benzene rings is 2. The Kier molecular flexibility index (Phi) is 4.91. The molecule has 0 spiro atoms. The minimum absolute atomic E-state index is 0.0729. The van der Waals surface area contributed by atoms with Crippen LogP contribution in [0.1, 0.15) is 34.1 Å². The van der Waals surface area contributed by atoms with Crippen LogP contribution in [0.15, 0.2) is 41.2 Å². The van der Waals surface area contributed by atoms with Crippen molar-refractivity contribution in [3.05, 3.63) is 63.4 Å². The molecule has 30 heavy (non-hydrogen) atoms. The van der Waals surface area contributed by atoms with Crippen molar-refractivity contribution in [2.45, 2.75) is 19.4 Å². The minimum Gasteiger partial charge on any atom is -0.493 e. The largest absolute Gasteiger partial charge is 0.493 e. The van der Waals surface area contributed by atoms with Crippen LogP contribution in [0.3, 0.4) is 0 Å². The maximum Gasteiger partial charge on any atom is 0.343 e. The van der Waals surface area contributed by atoms with Gasteiger partial charge < -0.3 is 24.5 Å². The van der Waals surface area contributed by atoms with Crippen LogP contribution in [0.5, 0.6) is 11.5 Å². The van der Waals surface area contributed by atoms with Crippen LogP contribution in [-0.4, -0.2) is 31.1 Å². The number of ether oxygens (including phenoxy) is 3. The van der Waals surface area contributed by atoms with Gasteiger partial charge in [0, 0.05) is 33.9 Å². The molecule has 1 aliphatic heterocycles. The number of aromatic nitrogens is 1. The smallest absolute Gasteiger partial charge is 0.343 e. The van der Waals surface area contributed by atoms with Crippen molar-refractivity contribution in [1.29, 1.82) is 0 Å². The molecule has 154 valence electrons. The number of carbonyl (C=O) groups is 2. The van der Waals surface area contributed by atoms with Gasteiger partial charge >= 0.3 is 5.97 Å². The first-order valence-corrected chi connectivity index (χ1v) is 9.30. The number of hydrogen-bond donors (Lipinski definition) is 2. The number of aryl methyl sites for hydroxylation is 1. The number of fused-ring (bicyclic) bond motifs is 2. The molecule has 1 unspecified atom stereocenters. The summed E-state index contributed by atoms with van der Waals surface area (Å²) in [5.74, 6) is -0.216. The number of pyridine rings is 1. The Balaban J connectivity index is 1.56. The molecule has 3 aromatic rings. The number of methoxy groups -OCH3 is 2. The zero-order chi connectivity index (χ0) is 21.4. The van der Waals surface area contributed by atoms with Crippen LogP contribution < -0.4 is 20.2 Å². The average molecular weight is 408 g/mol. The molecule has 2 heterocycles. The lowest BCUT2D eigenvalue weighted by Gasteiger charge is -2.13. The van der Waals surface area contributed by atoms with Crippen LogP contribution >= 0.6 is 0 Å². The molecule has 8 heteroatoms. The number of aromatic amines is 1. The van der Waals surface area contributed by atoms with Gasteiger partial charge in [-0.15, -0.1) is 0 Å². The number of amides is 1. The predicted octanol–water partition coefficient (Wildman–Crippen LogP) is 3.09. The van der Waals surface area contributed by atoms with Crippen LogP contribution in [0.25, 0.3) is 10.9 Å². The maximum atomic E-state index is 12.6. The molecule has 0 saturated carbocycles. The van der Waals surface area contributed by atoms with E-state index in [1.54, 1.807) is 30.3 Å². The second kappa shape index (κ2) is 7.55. The van der Waals surface area contributed by atoms with Gasteiger partial charge in [-0.3, -0.25) is 9.59 Å². The molecule has 0 fully saturated rings. The van der Waals surface area contributed by atoms with Gasteiger partial charge in [0.1, 0.15) is 11.7 Å². The number of carbonyl (C=O) groups excluding carboxylic acids is 2. The first-order valence-electron chi connectivity index (χ1n) is 9.30. The van der Waals surface area contributed by atoms with Gasteiger partial charge in [0.2, 0.25) is 5.91 Å². The average Bonchev–Trinajstić information content (AvgIpc) is 3.03. The summed E-state index contributed by atoms with van der Waals surface area (Å²) in [5.41, 5.74) is 2.65. The number of nitrogens with one attached hydrogen (secondary N) is 2. The summed E-state index contributed by atoms with van der Waals surface area (Å²) in [6.45, 7) is 1.81. The lowest BCUT2D eigenvalue weighted by atomic mass is 10.0. The highest BCUT2D eigenvalue weighted by Crippen LogP contribution is 2.43. The van der Waals surface area contributed by atoms with E-state index in [4.69, 9.17) is 14.2 Å². The van der Waals surface area contributed by atoms with Crippen LogP contribution in [0.4, 0.5) is 5.69 Å². The molecule has 0 aliphatic carbocycles. The van der Waals surface area contributed by atoms with E-state index in [0.29, 0.717) is 27.9 Å². The monoisotopic (exact) mass is 408 g/mol. The zero-order valence-electron chi connectivity index (χ0n) is 16.7. The van der Waals surface area contributed by atoms with E-state index in [9.17, 15) is 14.4 Å². The maximum absolute atomic E-state index is 12.6. The first-order chi connectivity index (χ1) is 14.4. The Morgan fingerprint density at radius 3 is 2.67 bits per heavy atom. The third-order valence-corrected chi connectivity index (χ3v) is 5.00. The Bertz CT molecular complexity index is 1230. The highest BCUT2D eigenvalue weighted by atomic mass is 16.6. The van der Waals surface area contributed by atoms with Crippen molar-refractivity contribution in [2.24, 2.45) is 0 Å². The van der Waals surface area contributed by atoms with Crippen molar-refractivity contribution in [3.8, 4) is 11.5 Å². The Hall–Kier alpha value is -3.81. The SMILES string of the molecule is COc1ccc2c(c1OC)C(=O)OC2CC(=O)Nc1ccc2[nH]c(C)cc(=O)c2c1. The van der Waals surface area contributed by atoms with E-state index in [-0.39, 0.29) is 29.1 Å². The number of H-pyrrole nitrogens is 1. The molecule has 4 rings (SSSR count). The molecule has 0 bridgehead atoms. The van der Waals surface area contributed by atoms with E-state index in [1.807, 2.05) is 6.92 Å². The quantitative estimate of drug-likeness (QED) is 0.629. The van der Waals surface area contributed by atoms with Crippen molar-refractivity contribution in [2.75, 3.05) is 19.5 Å². The standard InChI is InChI=1S/C22H20N2O6/c1-11-8-16(25)14-9-12(4-6-15(14)23-11)24-19(26)10-18-13-5-7-17(28-2)21(29-3)20(13)22(27)30-18/h4-9,18H,10H2,1-3H3,(H,23,25)(H,24,26). The molecule has 0 radical (unpaired) electrons. The molecule has 1 amide bonds. The second-order valence-corrected chi connectivity index (χ2v) is 6.99. The van der Waals surface area contributed by atoms with E-state index in [2.05, 4.69) is 10.3 Å². The number of cyclic esters (lactones) is 1. The topological polar surface area (TPSA) is 107 Å². The Morgan fingerprint density at radius 2 is 1.93 bits per heavy atom. The van der Waals surface area contributed by atoms with Crippen LogP contribution in [0.2, 0.25) is 0 Å². The lowest BCUT2D eigenvalue weighted by Crippen LogP contribution is -2.16. The van der Waals surface area contributed by atoms with Crippen molar-refractivity contribution in [1.82, 2.24) is 4.98 Å². The highest BCUT2D eigenvalue weighted by Gasteiger charge is 2.36. The van der Waals surface area contributed by atoms with Gasteiger partial charge in [0.05, 0.1) is 20.6 Å². The molecule has 2 N–H and O–H groups in total. The van der Waals surface area contributed by atoms with Gasteiger partial charge in [-0.2, -0.15) is 0 Å². The Labute approximate surface area is 171 Å². The molecular weight excluding hydrogens is 388 g/mol. The molecule has 1 atom stereocenters. The molecule has 1 aliphatic rings. The predicted molar refractivity (Wildman–Crippen MR) is 110 cm³/mol. The normalized spacial score (nSPS) is 14.9. The zero-order valence-corrected chi connectivity index (χ0v) is 16.7. The van der Waals surface area contributed by atoms with Gasteiger partial charge in [-0.1, -0.05) is 6.07 Å². The number of anilines is 1. The summed E-state index contributed by atoms with van der Waals surface area (Å²) in [6.07, 6.45) is -0.810. The van der Waals surface area contributed by atoms with Crippen molar-refractivity contribution >= 4 is 28.5 Å². The third-order valence-electron chi connectivity index (χ3n) is 5.00. The highest BCUT2D eigenvalue weighted by molar-refractivity contribution is 6.00. The number of rotatable bonds is 5. The summed E-state index contributed by atoms with van der Waals surface area (Å²) in [4.78, 5) is 40.2. The molecule has 0 saturated heterocycles. The van der Waals surface area contributed by atoms with Crippen LogP contribution in [-0.2, 0) is 9.53 Å². The van der Waals surface area contributed by atoms with Gasteiger partial charge in [0.15, 0.2) is 16.9 Å². The summed E-state index contributed by atoms with van der Waals surface area (Å²) in [6, 6.07) is 9.93. The van der Waals surface area contributed by atoms with Gasteiger partial charge in [-0.05, 0) is 31.2 Å². The fourth-order valence-electron chi connectivity index (χ4n) is 3.66. The van der Waals surface area contributed by atoms with Gasteiger partial charge in [-0.25, -0.2) is 4.79 Å². The summed E-state index contributed by atoms with van der Waals surface area (Å²) in [5, 5.41) is 3.24. The van der Waals surface area contributed by atoms with E-state index < -0.39 is 12.1 Å². The van der Waals surface area contributed by atoms with E-state index in [0.717, 1.165) is 5.69 Å². The third kappa shape index (κ3) is 3.36. The first kappa shape index (κ1) is 19.5. The second-order valence-electron chi connectivity index (χ2n) is 6.99. The minimum atomic E-state index is -0.737. The summed E-state index contributed by atoms with van der Waals surface area (Å²) in [7, 11) is 2.92. The Morgan fingerprint density at radius 1 is 1.13 bits per heavy atom. The van der Waals surface area contributed by atoms with Gasteiger partial charge in [0.25, 0.3) is 0 Å². The summed E-state index contributed by atoms with van der Waals surface area (Å²) >= 11 is 0. The fourth-order valence-corrected chi connectivity index (χ4v) is 3.66. The lowest BCUT2D eigenvalue weighted by molar-refractivity contribution is -0.118. The fraction of sp³-hybridized carbons (Fsp3) is 0.227. The van der Waals surface area contributed by atoms with Crippen LogP contribution in [0, 0.1) is 6.92 Å². The molecular formula is C22H20N2O6. The van der Waals surface area contributed by atoms with Crippen molar-refractivity contribution in [3.63, 3.8) is 0 Å².